The minimum Gasteiger partial charge on any atom is -0.496 e. The normalized spacial score (nSPS) is 14.4. The summed E-state index contributed by atoms with van der Waals surface area (Å²) in [6.07, 6.45) is 1.57. The van der Waals surface area contributed by atoms with E-state index in [1.807, 2.05) is 24.3 Å². The predicted molar refractivity (Wildman–Crippen MR) is 114 cm³/mol. The average molecular weight is 410 g/mol. The van der Waals surface area contributed by atoms with Gasteiger partial charge in [0.25, 0.3) is 11.8 Å². The first-order chi connectivity index (χ1) is 14.7. The number of nitrogens with zero attached hydrogens (tertiary/aromatic N) is 2. The van der Waals surface area contributed by atoms with E-state index in [0.29, 0.717) is 5.56 Å². The van der Waals surface area contributed by atoms with Crippen LogP contribution in [0.2, 0.25) is 0 Å². The van der Waals surface area contributed by atoms with Crippen molar-refractivity contribution >= 4 is 18.0 Å². The topological polar surface area (TPSA) is 92.3 Å². The van der Waals surface area contributed by atoms with Crippen LogP contribution in [0, 0.1) is 0 Å². The number of carbonyl (C=O) groups excluding carboxylic acids is 2. The van der Waals surface area contributed by atoms with E-state index in [9.17, 15) is 9.59 Å². The number of ether oxygens (including phenoxy) is 2. The molecule has 1 aliphatic heterocycles. The van der Waals surface area contributed by atoms with Crippen LogP contribution in [0.4, 0.5) is 0 Å². The Balaban J connectivity index is 1.51. The molecule has 0 aromatic heterocycles. The quantitative estimate of drug-likeness (QED) is 0.507. The SMILES string of the molecule is COc1ccc(/C=N/NC(=O)CNC(=O)c2ccccc2)cc1CN1CCOCC1. The lowest BCUT2D eigenvalue weighted by molar-refractivity contribution is -0.120. The molecule has 2 aromatic rings. The van der Waals surface area contributed by atoms with Gasteiger partial charge in [0, 0.05) is 30.8 Å². The van der Waals surface area contributed by atoms with Gasteiger partial charge < -0.3 is 14.8 Å². The van der Waals surface area contributed by atoms with Crippen molar-refractivity contribution in [3.63, 3.8) is 0 Å². The molecule has 1 heterocycles. The third-order valence-corrected chi connectivity index (χ3v) is 4.65. The van der Waals surface area contributed by atoms with E-state index in [4.69, 9.17) is 9.47 Å². The van der Waals surface area contributed by atoms with Crippen molar-refractivity contribution in [1.82, 2.24) is 15.6 Å². The Bertz CT molecular complexity index is 880. The molecule has 8 nitrogen and oxygen atoms in total. The summed E-state index contributed by atoms with van der Waals surface area (Å²) in [5.74, 6) is 0.0986. The fourth-order valence-corrected chi connectivity index (χ4v) is 3.07. The van der Waals surface area contributed by atoms with Crippen molar-refractivity contribution in [2.24, 2.45) is 5.10 Å². The zero-order chi connectivity index (χ0) is 21.2. The van der Waals surface area contributed by atoms with Gasteiger partial charge in [-0.1, -0.05) is 18.2 Å². The monoisotopic (exact) mass is 410 g/mol. The third kappa shape index (κ3) is 6.40. The van der Waals surface area contributed by atoms with Crippen LogP contribution >= 0.6 is 0 Å². The summed E-state index contributed by atoms with van der Waals surface area (Å²) in [4.78, 5) is 26.2. The van der Waals surface area contributed by atoms with E-state index in [-0.39, 0.29) is 12.5 Å². The Morgan fingerprint density at radius 2 is 1.93 bits per heavy atom. The van der Waals surface area contributed by atoms with Crippen LogP contribution in [0.5, 0.6) is 5.75 Å². The molecular formula is C22H26N4O4. The molecule has 2 amide bonds. The van der Waals surface area contributed by atoms with Crippen LogP contribution in [0.25, 0.3) is 0 Å². The van der Waals surface area contributed by atoms with Crippen LogP contribution < -0.4 is 15.5 Å². The highest BCUT2D eigenvalue weighted by Crippen LogP contribution is 2.21. The highest BCUT2D eigenvalue weighted by Gasteiger charge is 2.13. The maximum absolute atomic E-state index is 12.0. The Morgan fingerprint density at radius 3 is 2.67 bits per heavy atom. The van der Waals surface area contributed by atoms with E-state index >= 15 is 0 Å². The van der Waals surface area contributed by atoms with Gasteiger partial charge in [-0.05, 0) is 35.9 Å². The molecule has 30 heavy (non-hydrogen) atoms. The first-order valence-corrected chi connectivity index (χ1v) is 9.78. The minimum atomic E-state index is -0.405. The zero-order valence-corrected chi connectivity index (χ0v) is 17.0. The highest BCUT2D eigenvalue weighted by molar-refractivity contribution is 5.96. The largest absolute Gasteiger partial charge is 0.496 e. The fraction of sp³-hybridized carbons (Fsp3) is 0.318. The summed E-state index contributed by atoms with van der Waals surface area (Å²) in [6.45, 7) is 3.83. The van der Waals surface area contributed by atoms with Gasteiger partial charge in [0.15, 0.2) is 0 Å². The smallest absolute Gasteiger partial charge is 0.259 e. The van der Waals surface area contributed by atoms with Crippen LogP contribution in [0.15, 0.2) is 53.6 Å². The lowest BCUT2D eigenvalue weighted by Crippen LogP contribution is -2.35. The van der Waals surface area contributed by atoms with Crippen LogP contribution in [-0.2, 0) is 16.1 Å². The molecule has 1 aliphatic rings. The second kappa shape index (κ2) is 11.1. The lowest BCUT2D eigenvalue weighted by Gasteiger charge is -2.27. The molecular weight excluding hydrogens is 384 g/mol. The van der Waals surface area contributed by atoms with Crippen LogP contribution in [0.1, 0.15) is 21.5 Å². The minimum absolute atomic E-state index is 0.157. The molecule has 2 N–H and O–H groups in total. The molecule has 0 saturated carbocycles. The number of morpholine rings is 1. The van der Waals surface area contributed by atoms with Gasteiger partial charge in [-0.3, -0.25) is 14.5 Å². The highest BCUT2D eigenvalue weighted by atomic mass is 16.5. The lowest BCUT2D eigenvalue weighted by atomic mass is 10.1. The summed E-state index contributed by atoms with van der Waals surface area (Å²) >= 11 is 0. The maximum atomic E-state index is 12.0. The average Bonchev–Trinajstić information content (AvgIpc) is 2.79. The molecule has 1 fully saturated rings. The molecule has 0 spiro atoms. The number of hydrazone groups is 1. The Labute approximate surface area is 175 Å². The number of carbonyl (C=O) groups is 2. The second-order valence-corrected chi connectivity index (χ2v) is 6.80. The molecule has 2 aromatic carbocycles. The van der Waals surface area contributed by atoms with Gasteiger partial charge in [-0.25, -0.2) is 5.43 Å². The van der Waals surface area contributed by atoms with Crippen molar-refractivity contribution < 1.29 is 19.1 Å². The van der Waals surface area contributed by atoms with Crippen LogP contribution in [-0.4, -0.2) is 62.9 Å². The van der Waals surface area contributed by atoms with Crippen molar-refractivity contribution in [3.05, 3.63) is 65.2 Å². The summed E-state index contributed by atoms with van der Waals surface area (Å²) < 4.78 is 10.9. The van der Waals surface area contributed by atoms with E-state index in [0.717, 1.165) is 49.7 Å². The van der Waals surface area contributed by atoms with Gasteiger partial charge in [0.1, 0.15) is 5.75 Å². The number of hydrogen-bond acceptors (Lipinski definition) is 6. The van der Waals surface area contributed by atoms with Gasteiger partial charge in [-0.2, -0.15) is 5.10 Å². The second-order valence-electron chi connectivity index (χ2n) is 6.80. The number of hydrogen-bond donors (Lipinski definition) is 2. The summed E-state index contributed by atoms with van der Waals surface area (Å²) in [5, 5.41) is 6.55. The van der Waals surface area contributed by atoms with Crippen molar-refractivity contribution in [2.75, 3.05) is 40.0 Å². The molecule has 8 heteroatoms. The molecule has 0 aliphatic carbocycles. The first-order valence-electron chi connectivity index (χ1n) is 9.78. The zero-order valence-electron chi connectivity index (χ0n) is 17.0. The van der Waals surface area contributed by atoms with Crippen molar-refractivity contribution in [2.45, 2.75) is 6.54 Å². The Morgan fingerprint density at radius 1 is 1.17 bits per heavy atom. The number of amides is 2. The van der Waals surface area contributed by atoms with Gasteiger partial charge in [0.2, 0.25) is 0 Å². The molecule has 0 atom stereocenters. The van der Waals surface area contributed by atoms with E-state index < -0.39 is 5.91 Å². The molecule has 3 rings (SSSR count). The molecule has 0 unspecified atom stereocenters. The van der Waals surface area contributed by atoms with Crippen LogP contribution in [0.3, 0.4) is 0 Å². The van der Waals surface area contributed by atoms with E-state index in [1.54, 1.807) is 37.6 Å². The fourth-order valence-electron chi connectivity index (χ4n) is 3.07. The van der Waals surface area contributed by atoms with E-state index in [2.05, 4.69) is 20.7 Å². The van der Waals surface area contributed by atoms with Gasteiger partial charge in [-0.15, -0.1) is 0 Å². The molecule has 0 bridgehead atoms. The third-order valence-electron chi connectivity index (χ3n) is 4.65. The van der Waals surface area contributed by atoms with Crippen molar-refractivity contribution in [1.29, 1.82) is 0 Å². The van der Waals surface area contributed by atoms with Gasteiger partial charge >= 0.3 is 0 Å². The first kappa shape index (κ1) is 21.5. The van der Waals surface area contributed by atoms with E-state index in [1.165, 1.54) is 0 Å². The standard InChI is InChI=1S/C22H26N4O4/c1-29-20-8-7-17(13-19(20)16-26-9-11-30-12-10-26)14-24-25-21(27)15-23-22(28)18-5-3-2-4-6-18/h2-8,13-14H,9-12,15-16H2,1H3,(H,23,28)(H,25,27)/b24-14+. The summed E-state index contributed by atoms with van der Waals surface area (Å²) in [5.41, 5.74) is 4.81. The molecule has 0 radical (unpaired) electrons. The number of methoxy groups -OCH3 is 1. The number of nitrogens with one attached hydrogen (secondary N) is 2. The molecule has 158 valence electrons. The Hall–Kier alpha value is -3.23. The maximum Gasteiger partial charge on any atom is 0.259 e. The summed E-state index contributed by atoms with van der Waals surface area (Å²) in [6, 6.07) is 14.5. The summed E-state index contributed by atoms with van der Waals surface area (Å²) in [7, 11) is 1.65. The Kier molecular flexibility index (Phi) is 7.94. The predicted octanol–water partition coefficient (Wildman–Crippen LogP) is 1.41. The number of rotatable bonds is 8. The van der Waals surface area contributed by atoms with Gasteiger partial charge in [0.05, 0.1) is 33.1 Å². The van der Waals surface area contributed by atoms with Crippen molar-refractivity contribution in [3.8, 4) is 5.75 Å². The molecule has 1 saturated heterocycles. The number of benzene rings is 2.